The van der Waals surface area contributed by atoms with Gasteiger partial charge in [-0.15, -0.1) is 0 Å². The Hall–Kier alpha value is -1.92. The van der Waals surface area contributed by atoms with Crippen molar-refractivity contribution in [2.45, 2.75) is 19.4 Å². The number of amides is 1. The number of nitrogens with one attached hydrogen (secondary N) is 2. The molecule has 0 aliphatic heterocycles. The molecule has 0 fully saturated rings. The van der Waals surface area contributed by atoms with Crippen molar-refractivity contribution in [3.8, 4) is 0 Å². The van der Waals surface area contributed by atoms with Gasteiger partial charge in [-0.3, -0.25) is 4.79 Å². The number of pyridine rings is 1. The minimum absolute atomic E-state index is 0.0525. The Bertz CT molecular complexity index is 618. The van der Waals surface area contributed by atoms with Gasteiger partial charge in [-0.1, -0.05) is 37.3 Å². The molecule has 1 aromatic carbocycles. The molecule has 5 nitrogen and oxygen atoms in total. The Balaban J connectivity index is 2.22. The van der Waals surface area contributed by atoms with E-state index in [4.69, 9.17) is 5.84 Å². The molecular formula is C15H17BrN4O. The van der Waals surface area contributed by atoms with E-state index in [0.717, 1.165) is 16.5 Å². The molecule has 110 valence electrons. The number of halogens is 1. The Morgan fingerprint density at radius 3 is 2.71 bits per heavy atom. The molecule has 4 N–H and O–H groups in total. The van der Waals surface area contributed by atoms with Crippen LogP contribution in [0.3, 0.4) is 0 Å². The molecule has 1 aromatic heterocycles. The van der Waals surface area contributed by atoms with Gasteiger partial charge in [0.05, 0.1) is 11.6 Å². The van der Waals surface area contributed by atoms with Gasteiger partial charge in [-0.2, -0.15) is 0 Å². The van der Waals surface area contributed by atoms with Crippen molar-refractivity contribution in [2.75, 3.05) is 5.43 Å². The lowest BCUT2D eigenvalue weighted by Crippen LogP contribution is -2.29. The first-order valence-electron chi connectivity index (χ1n) is 6.63. The van der Waals surface area contributed by atoms with E-state index in [9.17, 15) is 4.79 Å². The molecule has 6 heteroatoms. The number of nitrogens with two attached hydrogens (primary N) is 1. The first kappa shape index (κ1) is 15.5. The number of carbonyl (C=O) groups excluding carboxylic acids is 1. The van der Waals surface area contributed by atoms with Crippen LogP contribution in [0.5, 0.6) is 0 Å². The molecule has 0 aliphatic rings. The summed E-state index contributed by atoms with van der Waals surface area (Å²) in [5.41, 5.74) is 3.91. The second kappa shape index (κ2) is 7.19. The summed E-state index contributed by atoms with van der Waals surface area (Å²) in [6.45, 7) is 2.03. The first-order valence-corrected chi connectivity index (χ1v) is 7.43. The van der Waals surface area contributed by atoms with Crippen molar-refractivity contribution < 1.29 is 4.79 Å². The lowest BCUT2D eigenvalue weighted by molar-refractivity contribution is 0.0936. The van der Waals surface area contributed by atoms with E-state index in [1.165, 1.54) is 0 Å². The van der Waals surface area contributed by atoms with Crippen LogP contribution in [0.1, 0.15) is 35.3 Å². The molecule has 2 rings (SSSR count). The normalized spacial score (nSPS) is 11.8. The predicted octanol–water partition coefficient (Wildman–Crippen LogP) is 3.01. The van der Waals surface area contributed by atoms with Crippen molar-refractivity contribution in [3.05, 3.63) is 58.2 Å². The van der Waals surface area contributed by atoms with E-state index in [-0.39, 0.29) is 11.9 Å². The van der Waals surface area contributed by atoms with Crippen LogP contribution in [0.4, 0.5) is 5.82 Å². The Kier molecular flexibility index (Phi) is 5.30. The second-order valence-corrected chi connectivity index (χ2v) is 5.45. The topological polar surface area (TPSA) is 80.0 Å². The van der Waals surface area contributed by atoms with Gasteiger partial charge in [-0.25, -0.2) is 10.8 Å². The SMILES string of the molecule is CCC(NC(=O)c1cc(Br)cnc1NN)c1ccccc1. The third kappa shape index (κ3) is 3.80. The summed E-state index contributed by atoms with van der Waals surface area (Å²) in [5, 5.41) is 3.01. The minimum atomic E-state index is -0.215. The summed E-state index contributed by atoms with van der Waals surface area (Å²) >= 11 is 3.31. The fourth-order valence-electron chi connectivity index (χ4n) is 2.07. The lowest BCUT2D eigenvalue weighted by atomic mass is 10.0. The number of nitrogens with zero attached hydrogens (tertiary/aromatic N) is 1. The van der Waals surface area contributed by atoms with E-state index in [0.29, 0.717) is 11.4 Å². The van der Waals surface area contributed by atoms with E-state index in [1.807, 2.05) is 37.3 Å². The van der Waals surface area contributed by atoms with Gasteiger partial charge in [0.2, 0.25) is 0 Å². The molecule has 2 aromatic rings. The van der Waals surface area contributed by atoms with Crippen LogP contribution in [-0.2, 0) is 0 Å². The Labute approximate surface area is 132 Å². The van der Waals surface area contributed by atoms with Crippen molar-refractivity contribution in [1.29, 1.82) is 0 Å². The highest BCUT2D eigenvalue weighted by molar-refractivity contribution is 9.10. The summed E-state index contributed by atoms with van der Waals surface area (Å²) in [6, 6.07) is 11.5. The zero-order valence-electron chi connectivity index (χ0n) is 11.6. The van der Waals surface area contributed by atoms with Crippen LogP contribution in [0.15, 0.2) is 47.1 Å². The van der Waals surface area contributed by atoms with Crippen LogP contribution < -0.4 is 16.6 Å². The van der Waals surface area contributed by atoms with Crippen molar-refractivity contribution in [2.24, 2.45) is 5.84 Å². The van der Waals surface area contributed by atoms with E-state index in [2.05, 4.69) is 31.7 Å². The summed E-state index contributed by atoms with van der Waals surface area (Å²) in [5.74, 6) is 5.54. The van der Waals surface area contributed by atoms with Crippen LogP contribution in [-0.4, -0.2) is 10.9 Å². The second-order valence-electron chi connectivity index (χ2n) is 4.54. The molecule has 1 heterocycles. The maximum atomic E-state index is 12.5. The molecule has 0 spiro atoms. The molecule has 0 aliphatic carbocycles. The quantitative estimate of drug-likeness (QED) is 0.573. The average molecular weight is 349 g/mol. The predicted molar refractivity (Wildman–Crippen MR) is 86.7 cm³/mol. The molecule has 1 amide bonds. The monoisotopic (exact) mass is 348 g/mol. The number of anilines is 1. The highest BCUT2D eigenvalue weighted by Crippen LogP contribution is 2.20. The molecule has 0 saturated heterocycles. The van der Waals surface area contributed by atoms with E-state index >= 15 is 0 Å². The molecule has 1 atom stereocenters. The fourth-order valence-corrected chi connectivity index (χ4v) is 2.40. The lowest BCUT2D eigenvalue weighted by Gasteiger charge is -2.18. The van der Waals surface area contributed by atoms with Gasteiger partial charge < -0.3 is 10.7 Å². The Morgan fingerprint density at radius 2 is 2.10 bits per heavy atom. The average Bonchev–Trinajstić information content (AvgIpc) is 2.53. The molecular weight excluding hydrogens is 332 g/mol. The van der Waals surface area contributed by atoms with E-state index in [1.54, 1.807) is 12.3 Å². The summed E-state index contributed by atoms with van der Waals surface area (Å²) in [4.78, 5) is 16.5. The number of nitrogen functional groups attached to an aromatic ring is 1. The van der Waals surface area contributed by atoms with Gasteiger partial charge in [0, 0.05) is 10.7 Å². The number of aromatic nitrogens is 1. The number of rotatable bonds is 5. The molecule has 0 radical (unpaired) electrons. The summed E-state index contributed by atoms with van der Waals surface area (Å²) < 4.78 is 0.722. The number of hydrazine groups is 1. The minimum Gasteiger partial charge on any atom is -0.345 e. The van der Waals surface area contributed by atoms with Crippen molar-refractivity contribution >= 4 is 27.7 Å². The fraction of sp³-hybridized carbons (Fsp3) is 0.200. The third-order valence-electron chi connectivity index (χ3n) is 3.15. The van der Waals surface area contributed by atoms with Gasteiger partial charge in [0.1, 0.15) is 0 Å². The zero-order chi connectivity index (χ0) is 15.2. The van der Waals surface area contributed by atoms with Gasteiger partial charge >= 0.3 is 0 Å². The largest absolute Gasteiger partial charge is 0.345 e. The zero-order valence-corrected chi connectivity index (χ0v) is 13.2. The molecule has 1 unspecified atom stereocenters. The molecule has 0 saturated carbocycles. The summed E-state index contributed by atoms with van der Waals surface area (Å²) in [6.07, 6.45) is 2.38. The smallest absolute Gasteiger partial charge is 0.255 e. The maximum Gasteiger partial charge on any atom is 0.255 e. The van der Waals surface area contributed by atoms with Crippen LogP contribution in [0.2, 0.25) is 0 Å². The maximum absolute atomic E-state index is 12.5. The van der Waals surface area contributed by atoms with Gasteiger partial charge in [-0.05, 0) is 34.0 Å². The highest BCUT2D eigenvalue weighted by atomic mass is 79.9. The molecule has 0 bridgehead atoms. The van der Waals surface area contributed by atoms with Crippen LogP contribution in [0, 0.1) is 0 Å². The standard InChI is InChI=1S/C15H17BrN4O/c1-2-13(10-6-4-3-5-7-10)19-15(21)12-8-11(16)9-18-14(12)20-17/h3-9,13H,2,17H2,1H3,(H,18,20)(H,19,21). The van der Waals surface area contributed by atoms with Crippen molar-refractivity contribution in [1.82, 2.24) is 10.3 Å². The number of benzene rings is 1. The summed E-state index contributed by atoms with van der Waals surface area (Å²) in [7, 11) is 0. The van der Waals surface area contributed by atoms with Gasteiger partial charge in [0.25, 0.3) is 5.91 Å². The Morgan fingerprint density at radius 1 is 1.38 bits per heavy atom. The van der Waals surface area contributed by atoms with Crippen LogP contribution in [0.25, 0.3) is 0 Å². The van der Waals surface area contributed by atoms with Crippen LogP contribution >= 0.6 is 15.9 Å². The third-order valence-corrected chi connectivity index (χ3v) is 3.58. The molecule has 21 heavy (non-hydrogen) atoms. The number of hydrogen-bond acceptors (Lipinski definition) is 4. The number of hydrogen-bond donors (Lipinski definition) is 3. The van der Waals surface area contributed by atoms with Gasteiger partial charge in [0.15, 0.2) is 5.82 Å². The first-order chi connectivity index (χ1) is 10.2. The van der Waals surface area contributed by atoms with E-state index < -0.39 is 0 Å². The number of carbonyl (C=O) groups is 1. The van der Waals surface area contributed by atoms with Crippen molar-refractivity contribution in [3.63, 3.8) is 0 Å². The highest BCUT2D eigenvalue weighted by Gasteiger charge is 2.17.